The second-order valence-electron chi connectivity index (χ2n) is 4.87. The molecule has 2 rings (SSSR count). The zero-order chi connectivity index (χ0) is 13.7. The normalized spacial score (nSPS) is 22.8. The Morgan fingerprint density at radius 1 is 1.42 bits per heavy atom. The van der Waals surface area contributed by atoms with Gasteiger partial charge in [0.15, 0.2) is 0 Å². The number of aromatic nitrogens is 1. The highest BCUT2D eigenvalue weighted by molar-refractivity contribution is 5.92. The standard InChI is InChI=1S/C14H21N3O2/c1-2-15-13-9-5-7-11(16-13)14(19)17-10-6-3-4-8-12(10)18/h5,7,9-10,12,18H,2-4,6,8H2,1H3,(H,15,16)(H,17,19). The third-order valence-electron chi connectivity index (χ3n) is 3.39. The molecule has 5 heteroatoms. The van der Waals surface area contributed by atoms with E-state index in [0.29, 0.717) is 11.5 Å². The van der Waals surface area contributed by atoms with E-state index in [9.17, 15) is 9.90 Å². The van der Waals surface area contributed by atoms with E-state index in [1.54, 1.807) is 12.1 Å². The highest BCUT2D eigenvalue weighted by atomic mass is 16.3. The number of rotatable bonds is 4. The Hall–Kier alpha value is -1.62. The molecule has 3 N–H and O–H groups in total. The van der Waals surface area contributed by atoms with Crippen LogP contribution in [-0.2, 0) is 0 Å². The van der Waals surface area contributed by atoms with E-state index in [1.165, 1.54) is 0 Å². The molecule has 0 aromatic carbocycles. The van der Waals surface area contributed by atoms with Gasteiger partial charge in [0, 0.05) is 6.54 Å². The van der Waals surface area contributed by atoms with Gasteiger partial charge in [-0.25, -0.2) is 4.98 Å². The fraction of sp³-hybridized carbons (Fsp3) is 0.571. The Morgan fingerprint density at radius 2 is 2.21 bits per heavy atom. The fourth-order valence-electron chi connectivity index (χ4n) is 2.36. The van der Waals surface area contributed by atoms with E-state index < -0.39 is 6.10 Å². The number of hydrogen-bond acceptors (Lipinski definition) is 4. The van der Waals surface area contributed by atoms with Gasteiger partial charge in [-0.15, -0.1) is 0 Å². The highest BCUT2D eigenvalue weighted by Crippen LogP contribution is 2.18. The number of nitrogens with zero attached hydrogens (tertiary/aromatic N) is 1. The molecule has 1 aromatic rings. The van der Waals surface area contributed by atoms with Crippen LogP contribution < -0.4 is 10.6 Å². The Balaban J connectivity index is 2.00. The van der Waals surface area contributed by atoms with Crippen molar-refractivity contribution in [3.63, 3.8) is 0 Å². The van der Waals surface area contributed by atoms with Crippen LogP contribution in [0.2, 0.25) is 0 Å². The Bertz CT molecular complexity index is 436. The lowest BCUT2D eigenvalue weighted by Gasteiger charge is -2.28. The van der Waals surface area contributed by atoms with E-state index in [1.807, 2.05) is 13.0 Å². The maximum Gasteiger partial charge on any atom is 0.270 e. The van der Waals surface area contributed by atoms with Crippen LogP contribution in [0.3, 0.4) is 0 Å². The summed E-state index contributed by atoms with van der Waals surface area (Å²) in [4.78, 5) is 16.4. The van der Waals surface area contributed by atoms with Crippen molar-refractivity contribution in [1.29, 1.82) is 0 Å². The molecule has 2 unspecified atom stereocenters. The third-order valence-corrected chi connectivity index (χ3v) is 3.39. The summed E-state index contributed by atoms with van der Waals surface area (Å²) in [6, 6.07) is 5.17. The maximum absolute atomic E-state index is 12.1. The maximum atomic E-state index is 12.1. The van der Waals surface area contributed by atoms with Crippen LogP contribution in [0, 0.1) is 0 Å². The van der Waals surface area contributed by atoms with E-state index >= 15 is 0 Å². The van der Waals surface area contributed by atoms with E-state index in [4.69, 9.17) is 0 Å². The lowest BCUT2D eigenvalue weighted by molar-refractivity contribution is 0.0714. The summed E-state index contributed by atoms with van der Waals surface area (Å²) >= 11 is 0. The minimum absolute atomic E-state index is 0.147. The molecule has 1 aliphatic carbocycles. The molecule has 1 fully saturated rings. The van der Waals surface area contributed by atoms with E-state index in [-0.39, 0.29) is 11.9 Å². The molecule has 0 bridgehead atoms. The largest absolute Gasteiger partial charge is 0.391 e. The first kappa shape index (κ1) is 13.8. The van der Waals surface area contributed by atoms with Gasteiger partial charge in [-0.1, -0.05) is 18.9 Å². The molecule has 0 spiro atoms. The van der Waals surface area contributed by atoms with Gasteiger partial charge < -0.3 is 15.7 Å². The first-order valence-corrected chi connectivity index (χ1v) is 6.90. The summed E-state index contributed by atoms with van der Waals surface area (Å²) in [5.74, 6) is 0.477. The van der Waals surface area contributed by atoms with Crippen molar-refractivity contribution in [2.75, 3.05) is 11.9 Å². The average molecular weight is 263 g/mol. The number of pyridine rings is 1. The molecule has 1 aromatic heterocycles. The molecule has 1 saturated carbocycles. The summed E-state index contributed by atoms with van der Waals surface area (Å²) < 4.78 is 0. The molecule has 19 heavy (non-hydrogen) atoms. The second kappa shape index (κ2) is 6.52. The first-order chi connectivity index (χ1) is 9.20. The lowest BCUT2D eigenvalue weighted by atomic mass is 9.92. The van der Waals surface area contributed by atoms with Crippen molar-refractivity contribution in [1.82, 2.24) is 10.3 Å². The molecule has 0 radical (unpaired) electrons. The van der Waals surface area contributed by atoms with Crippen LogP contribution >= 0.6 is 0 Å². The van der Waals surface area contributed by atoms with Crippen molar-refractivity contribution >= 4 is 11.7 Å². The monoisotopic (exact) mass is 263 g/mol. The predicted octanol–water partition coefficient (Wildman–Crippen LogP) is 1.55. The SMILES string of the molecule is CCNc1cccc(C(=O)NC2CCCCC2O)n1. The molecule has 1 amide bonds. The molecule has 5 nitrogen and oxygen atoms in total. The first-order valence-electron chi connectivity index (χ1n) is 6.90. The lowest BCUT2D eigenvalue weighted by Crippen LogP contribution is -2.45. The van der Waals surface area contributed by atoms with E-state index in [2.05, 4.69) is 15.6 Å². The second-order valence-corrected chi connectivity index (χ2v) is 4.87. The number of aliphatic hydroxyl groups is 1. The van der Waals surface area contributed by atoms with Crippen LogP contribution in [0.5, 0.6) is 0 Å². The van der Waals surface area contributed by atoms with Gasteiger partial charge in [-0.05, 0) is 31.9 Å². The van der Waals surface area contributed by atoms with Gasteiger partial charge in [-0.3, -0.25) is 4.79 Å². The molecule has 0 aliphatic heterocycles. The van der Waals surface area contributed by atoms with Crippen molar-refractivity contribution in [2.45, 2.75) is 44.8 Å². The van der Waals surface area contributed by atoms with Crippen LogP contribution in [0.4, 0.5) is 5.82 Å². The van der Waals surface area contributed by atoms with E-state index in [0.717, 1.165) is 32.2 Å². The van der Waals surface area contributed by atoms with Crippen LogP contribution in [0.1, 0.15) is 43.1 Å². The number of hydrogen-bond donors (Lipinski definition) is 3. The number of carbonyl (C=O) groups excluding carboxylic acids is 1. The van der Waals surface area contributed by atoms with Gasteiger partial charge in [0.25, 0.3) is 5.91 Å². The van der Waals surface area contributed by atoms with Crippen LogP contribution in [0.25, 0.3) is 0 Å². The number of nitrogens with one attached hydrogen (secondary N) is 2. The van der Waals surface area contributed by atoms with Gasteiger partial charge in [0.2, 0.25) is 0 Å². The molecule has 0 saturated heterocycles. The molecule has 104 valence electrons. The van der Waals surface area contributed by atoms with Crippen molar-refractivity contribution < 1.29 is 9.90 Å². The Labute approximate surface area is 113 Å². The predicted molar refractivity (Wildman–Crippen MR) is 74.1 cm³/mol. The van der Waals surface area contributed by atoms with Gasteiger partial charge in [-0.2, -0.15) is 0 Å². The smallest absolute Gasteiger partial charge is 0.270 e. The molecule has 1 heterocycles. The number of carbonyl (C=O) groups is 1. The molecule has 1 aliphatic rings. The highest BCUT2D eigenvalue weighted by Gasteiger charge is 2.25. The van der Waals surface area contributed by atoms with Crippen LogP contribution in [-0.4, -0.2) is 34.7 Å². The van der Waals surface area contributed by atoms with Gasteiger partial charge >= 0.3 is 0 Å². The zero-order valence-electron chi connectivity index (χ0n) is 11.2. The summed E-state index contributed by atoms with van der Waals surface area (Å²) in [7, 11) is 0. The summed E-state index contributed by atoms with van der Waals surface area (Å²) in [5, 5.41) is 15.8. The summed E-state index contributed by atoms with van der Waals surface area (Å²) in [5.41, 5.74) is 0.385. The number of anilines is 1. The van der Waals surface area contributed by atoms with Crippen molar-refractivity contribution in [3.8, 4) is 0 Å². The van der Waals surface area contributed by atoms with Crippen molar-refractivity contribution in [3.05, 3.63) is 23.9 Å². The molecule has 2 atom stereocenters. The minimum Gasteiger partial charge on any atom is -0.391 e. The Kier molecular flexibility index (Phi) is 4.74. The van der Waals surface area contributed by atoms with Gasteiger partial charge in [0.05, 0.1) is 12.1 Å². The minimum atomic E-state index is -0.436. The molecular weight excluding hydrogens is 242 g/mol. The fourth-order valence-corrected chi connectivity index (χ4v) is 2.36. The number of aliphatic hydroxyl groups excluding tert-OH is 1. The van der Waals surface area contributed by atoms with Gasteiger partial charge in [0.1, 0.15) is 11.5 Å². The number of amides is 1. The summed E-state index contributed by atoms with van der Waals surface area (Å²) in [6.45, 7) is 2.74. The topological polar surface area (TPSA) is 74.2 Å². The van der Waals surface area contributed by atoms with Crippen LogP contribution in [0.15, 0.2) is 18.2 Å². The molecular formula is C14H21N3O2. The average Bonchev–Trinajstić information content (AvgIpc) is 2.42. The zero-order valence-corrected chi connectivity index (χ0v) is 11.2. The third kappa shape index (κ3) is 3.67. The quantitative estimate of drug-likeness (QED) is 0.770. The summed E-state index contributed by atoms with van der Waals surface area (Å²) in [6.07, 6.45) is 3.24. The van der Waals surface area contributed by atoms with Crippen molar-refractivity contribution in [2.24, 2.45) is 0 Å². The Morgan fingerprint density at radius 3 is 2.95 bits per heavy atom.